The van der Waals surface area contributed by atoms with Gasteiger partial charge in [0.1, 0.15) is 0 Å². The molecule has 0 aliphatic heterocycles. The number of fused-ring (bicyclic) bond motifs is 3. The zero-order valence-electron chi connectivity index (χ0n) is 8.81. The van der Waals surface area contributed by atoms with Gasteiger partial charge in [0.15, 0.2) is 5.78 Å². The number of isothiocyanates is 1. The van der Waals surface area contributed by atoms with Crippen LogP contribution in [0.2, 0.25) is 0 Å². The minimum absolute atomic E-state index is 0.0528. The van der Waals surface area contributed by atoms with E-state index in [1.165, 1.54) is 0 Å². The van der Waals surface area contributed by atoms with Crippen LogP contribution in [0.5, 0.6) is 0 Å². The predicted molar refractivity (Wildman–Crippen MR) is 70.0 cm³/mol. The van der Waals surface area contributed by atoms with E-state index < -0.39 is 0 Å². The molecule has 17 heavy (non-hydrogen) atoms. The highest BCUT2D eigenvalue weighted by Gasteiger charge is 2.25. The monoisotopic (exact) mass is 237 g/mol. The molecule has 0 spiro atoms. The molecule has 2 aromatic carbocycles. The topological polar surface area (TPSA) is 29.4 Å². The number of hydrogen-bond donors (Lipinski definition) is 0. The molecular weight excluding hydrogens is 230 g/mol. The Morgan fingerprint density at radius 1 is 0.941 bits per heavy atom. The Balaban J connectivity index is 2.27. The third-order valence-electron chi connectivity index (χ3n) is 2.88. The van der Waals surface area contributed by atoms with Crippen molar-refractivity contribution in [2.45, 2.75) is 0 Å². The van der Waals surface area contributed by atoms with Crippen molar-refractivity contribution in [2.75, 3.05) is 0 Å². The molecule has 3 rings (SSSR count). The standard InChI is InChI=1S/C14H7NOS/c16-14-12-4-2-1-3-10(12)11-6-5-9(15-8-17)7-13(11)14/h1-7H. The van der Waals surface area contributed by atoms with Crippen LogP contribution in [0.4, 0.5) is 5.69 Å². The second-order valence-electron chi connectivity index (χ2n) is 3.81. The van der Waals surface area contributed by atoms with Gasteiger partial charge in [0.25, 0.3) is 0 Å². The molecule has 0 radical (unpaired) electrons. The quantitative estimate of drug-likeness (QED) is 0.477. The van der Waals surface area contributed by atoms with Crippen LogP contribution in [0.15, 0.2) is 47.5 Å². The molecule has 0 N–H and O–H groups in total. The first kappa shape index (κ1) is 10.1. The lowest BCUT2D eigenvalue weighted by Crippen LogP contribution is -1.94. The average Bonchev–Trinajstić information content (AvgIpc) is 2.65. The van der Waals surface area contributed by atoms with Crippen LogP contribution in [-0.4, -0.2) is 10.9 Å². The van der Waals surface area contributed by atoms with Gasteiger partial charge in [-0.2, -0.15) is 4.99 Å². The van der Waals surface area contributed by atoms with E-state index in [1.807, 2.05) is 36.4 Å². The number of aliphatic imine (C=N–C) groups is 1. The van der Waals surface area contributed by atoms with Crippen molar-refractivity contribution in [3.63, 3.8) is 0 Å². The van der Waals surface area contributed by atoms with Crippen molar-refractivity contribution < 1.29 is 4.79 Å². The summed E-state index contributed by atoms with van der Waals surface area (Å²) in [5.74, 6) is 0.0528. The maximum Gasteiger partial charge on any atom is 0.194 e. The van der Waals surface area contributed by atoms with Crippen molar-refractivity contribution in [2.24, 2.45) is 4.99 Å². The van der Waals surface area contributed by atoms with E-state index in [9.17, 15) is 4.79 Å². The fraction of sp³-hybridized carbons (Fsp3) is 0. The van der Waals surface area contributed by atoms with Crippen molar-refractivity contribution in [1.29, 1.82) is 0 Å². The summed E-state index contributed by atoms with van der Waals surface area (Å²) in [4.78, 5) is 16.1. The number of carbonyl (C=O) groups is 1. The first-order valence-corrected chi connectivity index (χ1v) is 5.58. The Morgan fingerprint density at radius 2 is 1.65 bits per heavy atom. The predicted octanol–water partition coefficient (Wildman–Crippen LogP) is 3.63. The number of nitrogens with zero attached hydrogens (tertiary/aromatic N) is 1. The van der Waals surface area contributed by atoms with Crippen molar-refractivity contribution in [3.05, 3.63) is 53.6 Å². The third-order valence-corrected chi connectivity index (χ3v) is 2.98. The number of hydrogen-bond acceptors (Lipinski definition) is 3. The number of benzene rings is 2. The molecule has 0 saturated carbocycles. The maximum absolute atomic E-state index is 12.2. The first-order valence-electron chi connectivity index (χ1n) is 5.17. The highest BCUT2D eigenvalue weighted by atomic mass is 32.1. The molecule has 0 heterocycles. The van der Waals surface area contributed by atoms with Crippen LogP contribution >= 0.6 is 12.2 Å². The lowest BCUT2D eigenvalue weighted by molar-refractivity contribution is 0.104. The zero-order chi connectivity index (χ0) is 11.8. The van der Waals surface area contributed by atoms with Gasteiger partial charge in [-0.05, 0) is 35.5 Å². The SMILES string of the molecule is O=C1c2ccccc2-c2ccc(N=C=S)cc21. The lowest BCUT2D eigenvalue weighted by atomic mass is 10.1. The summed E-state index contributed by atoms with van der Waals surface area (Å²) >= 11 is 4.56. The highest BCUT2D eigenvalue weighted by molar-refractivity contribution is 7.78. The summed E-state index contributed by atoms with van der Waals surface area (Å²) in [6.45, 7) is 0. The molecule has 1 aliphatic carbocycles. The van der Waals surface area contributed by atoms with Gasteiger partial charge in [0, 0.05) is 11.1 Å². The van der Waals surface area contributed by atoms with Gasteiger partial charge in [-0.3, -0.25) is 4.79 Å². The molecule has 2 nitrogen and oxygen atoms in total. The zero-order valence-corrected chi connectivity index (χ0v) is 9.62. The van der Waals surface area contributed by atoms with E-state index in [-0.39, 0.29) is 5.78 Å². The molecule has 0 aromatic heterocycles. The highest BCUT2D eigenvalue weighted by Crippen LogP contribution is 2.37. The molecule has 0 unspecified atom stereocenters. The van der Waals surface area contributed by atoms with Gasteiger partial charge >= 0.3 is 0 Å². The molecule has 80 valence electrons. The largest absolute Gasteiger partial charge is 0.289 e. The molecule has 0 saturated heterocycles. The summed E-state index contributed by atoms with van der Waals surface area (Å²) < 4.78 is 0. The van der Waals surface area contributed by atoms with E-state index in [4.69, 9.17) is 0 Å². The summed E-state index contributed by atoms with van der Waals surface area (Å²) in [5, 5.41) is 2.31. The fourth-order valence-corrected chi connectivity index (χ4v) is 2.24. The van der Waals surface area contributed by atoms with Gasteiger partial charge in [-0.1, -0.05) is 30.3 Å². The Hall–Kier alpha value is -2.09. The summed E-state index contributed by atoms with van der Waals surface area (Å²) in [6.07, 6.45) is 0. The van der Waals surface area contributed by atoms with Crippen molar-refractivity contribution in [1.82, 2.24) is 0 Å². The first-order chi connectivity index (χ1) is 8.31. The van der Waals surface area contributed by atoms with Gasteiger partial charge in [-0.25, -0.2) is 0 Å². The van der Waals surface area contributed by atoms with E-state index in [0.717, 1.165) is 16.7 Å². The van der Waals surface area contributed by atoms with Crippen LogP contribution in [0.25, 0.3) is 11.1 Å². The normalized spacial score (nSPS) is 11.6. The average molecular weight is 237 g/mol. The van der Waals surface area contributed by atoms with Crippen molar-refractivity contribution >= 4 is 28.8 Å². The molecule has 0 bridgehead atoms. The number of rotatable bonds is 1. The summed E-state index contributed by atoms with van der Waals surface area (Å²) in [5.41, 5.74) is 4.07. The minimum atomic E-state index is 0.0528. The molecule has 1 aliphatic rings. The maximum atomic E-state index is 12.2. The number of thiocarbonyl (C=S) groups is 1. The van der Waals surface area contributed by atoms with E-state index in [2.05, 4.69) is 22.4 Å². The second-order valence-corrected chi connectivity index (χ2v) is 3.99. The van der Waals surface area contributed by atoms with Gasteiger partial charge in [0.05, 0.1) is 10.8 Å². The Labute approximate surface area is 104 Å². The number of carbonyl (C=O) groups excluding carboxylic acids is 1. The summed E-state index contributed by atoms with van der Waals surface area (Å²) in [7, 11) is 0. The second kappa shape index (κ2) is 3.74. The molecule has 2 aromatic rings. The Bertz CT molecular complexity index is 684. The Kier molecular flexibility index (Phi) is 2.22. The molecule has 0 amide bonds. The van der Waals surface area contributed by atoms with Crippen LogP contribution < -0.4 is 0 Å². The van der Waals surface area contributed by atoms with E-state index in [1.54, 1.807) is 6.07 Å². The van der Waals surface area contributed by atoms with Crippen molar-refractivity contribution in [3.8, 4) is 11.1 Å². The minimum Gasteiger partial charge on any atom is -0.289 e. The smallest absolute Gasteiger partial charge is 0.194 e. The Morgan fingerprint density at radius 3 is 2.41 bits per heavy atom. The van der Waals surface area contributed by atoms with Crippen LogP contribution in [-0.2, 0) is 0 Å². The number of ketones is 1. The van der Waals surface area contributed by atoms with Gasteiger partial charge in [-0.15, -0.1) is 0 Å². The van der Waals surface area contributed by atoms with Crippen LogP contribution in [0.3, 0.4) is 0 Å². The summed E-state index contributed by atoms with van der Waals surface area (Å²) in [6, 6.07) is 13.1. The van der Waals surface area contributed by atoms with Gasteiger partial charge in [0.2, 0.25) is 0 Å². The fourth-order valence-electron chi connectivity index (χ4n) is 2.14. The van der Waals surface area contributed by atoms with Crippen LogP contribution in [0.1, 0.15) is 15.9 Å². The molecular formula is C14H7NOS. The molecule has 0 fully saturated rings. The lowest BCUT2D eigenvalue weighted by Gasteiger charge is -1.99. The van der Waals surface area contributed by atoms with E-state index >= 15 is 0 Å². The van der Waals surface area contributed by atoms with Gasteiger partial charge < -0.3 is 0 Å². The van der Waals surface area contributed by atoms with E-state index in [0.29, 0.717) is 11.3 Å². The third kappa shape index (κ3) is 1.45. The molecule has 0 atom stereocenters. The van der Waals surface area contributed by atoms with Crippen LogP contribution in [0, 0.1) is 0 Å². The molecule has 3 heteroatoms.